The van der Waals surface area contributed by atoms with Crippen LogP contribution in [0.4, 0.5) is 0 Å². The van der Waals surface area contributed by atoms with Crippen molar-refractivity contribution < 1.29 is 15.0 Å². The van der Waals surface area contributed by atoms with Crippen molar-refractivity contribution in [2.24, 2.45) is 5.92 Å². The highest BCUT2D eigenvalue weighted by atomic mass is 16.4. The molecule has 3 aliphatic rings. The fraction of sp³-hybridized carbons (Fsp3) is 0.458. The molecule has 5 rings (SSSR count). The highest BCUT2D eigenvalue weighted by molar-refractivity contribution is 5.87. The first-order valence-corrected chi connectivity index (χ1v) is 10.3. The van der Waals surface area contributed by atoms with Gasteiger partial charge in [0.05, 0.1) is 5.56 Å². The number of hydrogen-bond acceptors (Lipinski definition) is 3. The fourth-order valence-electron chi connectivity index (χ4n) is 5.77. The Kier molecular flexibility index (Phi) is 5.15. The Morgan fingerprint density at radius 1 is 1.11 bits per heavy atom. The summed E-state index contributed by atoms with van der Waals surface area (Å²) in [5.74, 6) is 0.389. The number of likely N-dealkylation sites (N-methyl/N-ethyl adjacent to an activating group) is 1. The van der Waals surface area contributed by atoms with Crippen LogP contribution in [0, 0.1) is 5.92 Å². The molecule has 28 heavy (non-hydrogen) atoms. The molecule has 4 heteroatoms. The number of benzene rings is 2. The molecule has 2 aromatic rings. The molecule has 3 atom stereocenters. The maximum absolute atomic E-state index is 10.2. The largest absolute Gasteiger partial charge is 0.508 e. The van der Waals surface area contributed by atoms with Gasteiger partial charge >= 0.3 is 5.97 Å². The molecule has 4 nitrogen and oxygen atoms in total. The van der Waals surface area contributed by atoms with Gasteiger partial charge in [0.25, 0.3) is 0 Å². The lowest BCUT2D eigenvalue weighted by atomic mass is 9.52. The number of likely N-dealkylation sites (tertiary alicyclic amines) is 1. The summed E-state index contributed by atoms with van der Waals surface area (Å²) in [6, 6.07) is 15.1. The predicted octanol–water partition coefficient (Wildman–Crippen LogP) is 4.47. The monoisotopic (exact) mass is 379 g/mol. The maximum atomic E-state index is 10.2. The van der Waals surface area contributed by atoms with Crippen LogP contribution in [-0.2, 0) is 11.8 Å². The van der Waals surface area contributed by atoms with Crippen LogP contribution in [0.1, 0.15) is 53.6 Å². The summed E-state index contributed by atoms with van der Waals surface area (Å²) in [4.78, 5) is 12.8. The van der Waals surface area contributed by atoms with Crippen LogP contribution in [-0.4, -0.2) is 40.7 Å². The van der Waals surface area contributed by atoms with Crippen molar-refractivity contribution in [3.05, 3.63) is 65.2 Å². The number of aromatic carboxylic acids is 1. The summed E-state index contributed by atoms with van der Waals surface area (Å²) in [5.41, 5.74) is 3.69. The van der Waals surface area contributed by atoms with Gasteiger partial charge in [0.1, 0.15) is 5.75 Å². The van der Waals surface area contributed by atoms with Gasteiger partial charge in [-0.15, -0.1) is 0 Å². The SMILES string of the molecule is CN1CC[C@]23CCCC[C@H]2[C@H]1Cc1ccc(O)cc13.O=C(O)c1ccccc1. The maximum Gasteiger partial charge on any atom is 0.335 e. The lowest BCUT2D eigenvalue weighted by Gasteiger charge is -2.58. The van der Waals surface area contributed by atoms with Crippen molar-refractivity contribution >= 4 is 5.97 Å². The van der Waals surface area contributed by atoms with E-state index in [9.17, 15) is 9.90 Å². The summed E-state index contributed by atoms with van der Waals surface area (Å²) in [6.45, 7) is 1.22. The Morgan fingerprint density at radius 3 is 2.61 bits per heavy atom. The number of hydrogen-bond donors (Lipinski definition) is 2. The zero-order valence-corrected chi connectivity index (χ0v) is 16.5. The van der Waals surface area contributed by atoms with E-state index in [1.807, 2.05) is 6.07 Å². The Labute approximate surface area is 166 Å². The van der Waals surface area contributed by atoms with Crippen LogP contribution >= 0.6 is 0 Å². The highest BCUT2D eigenvalue weighted by Crippen LogP contribution is 2.55. The van der Waals surface area contributed by atoms with Crippen LogP contribution in [0.3, 0.4) is 0 Å². The number of fused-ring (bicyclic) bond motifs is 1. The second kappa shape index (κ2) is 7.59. The van der Waals surface area contributed by atoms with Crippen molar-refractivity contribution in [1.82, 2.24) is 4.90 Å². The molecule has 2 N–H and O–H groups in total. The molecule has 1 heterocycles. The summed E-state index contributed by atoms with van der Waals surface area (Å²) in [6.07, 6.45) is 7.93. The van der Waals surface area contributed by atoms with Crippen LogP contribution in [0.25, 0.3) is 0 Å². The molecule has 0 spiro atoms. The Morgan fingerprint density at radius 2 is 1.89 bits per heavy atom. The number of carboxylic acids is 1. The van der Waals surface area contributed by atoms with Crippen molar-refractivity contribution in [1.29, 1.82) is 0 Å². The van der Waals surface area contributed by atoms with E-state index in [2.05, 4.69) is 24.1 Å². The van der Waals surface area contributed by atoms with E-state index in [0.717, 1.165) is 12.0 Å². The first kappa shape index (κ1) is 19.0. The zero-order valence-electron chi connectivity index (χ0n) is 16.5. The summed E-state index contributed by atoms with van der Waals surface area (Å²) >= 11 is 0. The Bertz CT molecular complexity index is 850. The summed E-state index contributed by atoms with van der Waals surface area (Å²) in [5, 5.41) is 18.3. The van der Waals surface area contributed by atoms with Crippen LogP contribution in [0.15, 0.2) is 48.5 Å². The number of piperidine rings is 1. The summed E-state index contributed by atoms with van der Waals surface area (Å²) in [7, 11) is 2.30. The van der Waals surface area contributed by atoms with E-state index in [1.165, 1.54) is 56.2 Å². The lowest BCUT2D eigenvalue weighted by Crippen LogP contribution is -2.59. The minimum Gasteiger partial charge on any atom is -0.508 e. The molecule has 2 aromatic carbocycles. The third-order valence-electron chi connectivity index (χ3n) is 7.12. The molecule has 1 saturated heterocycles. The molecule has 1 saturated carbocycles. The quantitative estimate of drug-likeness (QED) is 0.768. The Balaban J connectivity index is 0.000000181. The number of carbonyl (C=O) groups is 1. The molecule has 0 aromatic heterocycles. The predicted molar refractivity (Wildman–Crippen MR) is 110 cm³/mol. The zero-order chi connectivity index (χ0) is 19.7. The van der Waals surface area contributed by atoms with Crippen LogP contribution in [0.5, 0.6) is 5.75 Å². The van der Waals surface area contributed by atoms with Crippen molar-refractivity contribution in [2.75, 3.05) is 13.6 Å². The molecule has 0 radical (unpaired) electrons. The van der Waals surface area contributed by atoms with Gasteiger partial charge in [0.2, 0.25) is 0 Å². The number of rotatable bonds is 1. The number of carboxylic acid groups (broad SMARTS) is 1. The average Bonchev–Trinajstić information content (AvgIpc) is 2.72. The normalized spacial score (nSPS) is 28.3. The fourth-order valence-corrected chi connectivity index (χ4v) is 5.77. The van der Waals surface area contributed by atoms with E-state index in [4.69, 9.17) is 5.11 Å². The molecular formula is C24H29NO3. The number of phenolic OH excluding ortho intramolecular Hbond substituents is 1. The van der Waals surface area contributed by atoms with Gasteiger partial charge in [-0.25, -0.2) is 4.79 Å². The standard InChI is InChI=1S/C17H23NO.C7H6O2/c1-18-9-8-17-7-3-2-4-14(17)16(18)10-12-5-6-13(19)11-15(12)17;8-7(9)6-4-2-1-3-5-6/h5-6,11,14,16,19H,2-4,7-10H2,1H3;1-5H,(H,8,9)/t14-,16+,17+;/m0./s1. The second-order valence-corrected chi connectivity index (χ2v) is 8.52. The molecular weight excluding hydrogens is 350 g/mol. The summed E-state index contributed by atoms with van der Waals surface area (Å²) < 4.78 is 0. The van der Waals surface area contributed by atoms with Crippen molar-refractivity contribution in [3.63, 3.8) is 0 Å². The number of aromatic hydroxyl groups is 1. The molecule has 2 bridgehead atoms. The molecule has 2 fully saturated rings. The van der Waals surface area contributed by atoms with Crippen molar-refractivity contribution in [2.45, 2.75) is 50.0 Å². The van der Waals surface area contributed by atoms with Gasteiger partial charge in [0, 0.05) is 11.5 Å². The van der Waals surface area contributed by atoms with Gasteiger partial charge in [0.15, 0.2) is 0 Å². The highest BCUT2D eigenvalue weighted by Gasteiger charge is 2.52. The first-order chi connectivity index (χ1) is 13.5. The minimum atomic E-state index is -0.879. The van der Waals surface area contributed by atoms with E-state index in [0.29, 0.717) is 16.7 Å². The van der Waals surface area contributed by atoms with Gasteiger partial charge in [-0.05, 0) is 80.6 Å². The molecule has 2 aliphatic carbocycles. The van der Waals surface area contributed by atoms with Crippen LogP contribution < -0.4 is 0 Å². The second-order valence-electron chi connectivity index (χ2n) is 8.52. The molecule has 0 unspecified atom stereocenters. The topological polar surface area (TPSA) is 60.8 Å². The van der Waals surface area contributed by atoms with Crippen molar-refractivity contribution in [3.8, 4) is 5.75 Å². The van der Waals surface area contributed by atoms with E-state index in [1.54, 1.807) is 30.3 Å². The average molecular weight is 380 g/mol. The van der Waals surface area contributed by atoms with E-state index in [-0.39, 0.29) is 0 Å². The third kappa shape index (κ3) is 3.30. The molecule has 1 aliphatic heterocycles. The minimum absolute atomic E-state index is 0.331. The van der Waals surface area contributed by atoms with Gasteiger partial charge in [-0.2, -0.15) is 0 Å². The Hall–Kier alpha value is -2.33. The third-order valence-corrected chi connectivity index (χ3v) is 7.12. The van der Waals surface area contributed by atoms with Gasteiger partial charge in [-0.3, -0.25) is 0 Å². The van der Waals surface area contributed by atoms with E-state index < -0.39 is 5.97 Å². The molecule has 148 valence electrons. The number of nitrogens with zero attached hydrogens (tertiary/aromatic N) is 1. The smallest absolute Gasteiger partial charge is 0.335 e. The van der Waals surface area contributed by atoms with Gasteiger partial charge < -0.3 is 15.1 Å². The van der Waals surface area contributed by atoms with Gasteiger partial charge in [-0.1, -0.05) is 37.1 Å². The van der Waals surface area contributed by atoms with E-state index >= 15 is 0 Å². The molecule has 0 amide bonds. The van der Waals surface area contributed by atoms with Crippen LogP contribution in [0.2, 0.25) is 0 Å². The lowest BCUT2D eigenvalue weighted by molar-refractivity contribution is 0.00274. The first-order valence-electron chi connectivity index (χ1n) is 10.3. The number of phenols is 1.